The zero-order valence-electron chi connectivity index (χ0n) is 14.0. The summed E-state index contributed by atoms with van der Waals surface area (Å²) in [6.07, 6.45) is 0.718. The highest BCUT2D eigenvalue weighted by Gasteiger charge is 2.50. The van der Waals surface area contributed by atoms with Crippen molar-refractivity contribution in [2.24, 2.45) is 5.16 Å². The summed E-state index contributed by atoms with van der Waals surface area (Å²) in [4.78, 5) is 7.33. The molecule has 0 spiro atoms. The largest absolute Gasteiger partial charge is 0.411 e. The molecule has 3 atom stereocenters. The summed E-state index contributed by atoms with van der Waals surface area (Å²) in [6, 6.07) is 0. The molecule has 23 heavy (non-hydrogen) atoms. The van der Waals surface area contributed by atoms with Crippen LogP contribution in [0.2, 0.25) is 0 Å². The lowest BCUT2D eigenvalue weighted by atomic mass is 10.1. The van der Waals surface area contributed by atoms with Gasteiger partial charge in [-0.3, -0.25) is 0 Å². The molecule has 1 aromatic heterocycles. The van der Waals surface area contributed by atoms with Crippen molar-refractivity contribution in [1.82, 2.24) is 9.97 Å². The Morgan fingerprint density at radius 1 is 1.26 bits per heavy atom. The second kappa shape index (κ2) is 5.55. The fraction of sp³-hybridized carbons (Fsp3) is 0.733. The van der Waals surface area contributed by atoms with E-state index in [2.05, 4.69) is 15.1 Å². The van der Waals surface area contributed by atoms with Gasteiger partial charge >= 0.3 is 0 Å². The smallest absolute Gasteiger partial charge is 0.164 e. The van der Waals surface area contributed by atoms with Gasteiger partial charge in [0.05, 0.1) is 18.5 Å². The molecule has 0 aromatic carbocycles. The van der Waals surface area contributed by atoms with E-state index in [0.717, 1.165) is 5.69 Å². The second-order valence-electron chi connectivity index (χ2n) is 6.76. The lowest BCUT2D eigenvalue weighted by Crippen LogP contribution is -2.35. The minimum atomic E-state index is -0.739. The van der Waals surface area contributed by atoms with Crippen LogP contribution in [0.5, 0.6) is 0 Å². The lowest BCUT2D eigenvalue weighted by Gasteiger charge is -2.23. The first-order valence-electron chi connectivity index (χ1n) is 7.62. The van der Waals surface area contributed by atoms with Gasteiger partial charge in [-0.1, -0.05) is 5.16 Å². The lowest BCUT2D eigenvalue weighted by molar-refractivity contribution is -0.174. The van der Waals surface area contributed by atoms with Crippen LogP contribution in [0.1, 0.15) is 52.2 Å². The fourth-order valence-corrected chi connectivity index (χ4v) is 2.89. The third kappa shape index (κ3) is 3.25. The highest BCUT2D eigenvalue weighted by molar-refractivity contribution is 5.94. The molecular formula is C15H23N3O5. The van der Waals surface area contributed by atoms with Crippen molar-refractivity contribution in [3.05, 3.63) is 17.7 Å². The second-order valence-corrected chi connectivity index (χ2v) is 6.76. The molecular weight excluding hydrogens is 302 g/mol. The van der Waals surface area contributed by atoms with E-state index in [9.17, 15) is 0 Å². The Bertz CT molecular complexity index is 610. The van der Waals surface area contributed by atoms with E-state index in [1.54, 1.807) is 13.1 Å². The summed E-state index contributed by atoms with van der Waals surface area (Å²) >= 11 is 0. The Labute approximate surface area is 134 Å². The van der Waals surface area contributed by atoms with E-state index in [-0.39, 0.29) is 18.3 Å². The number of imidazole rings is 1. The van der Waals surface area contributed by atoms with Crippen LogP contribution < -0.4 is 0 Å². The molecule has 2 N–H and O–H groups in total. The molecule has 3 heterocycles. The number of aromatic amines is 1. The molecule has 0 aliphatic carbocycles. The van der Waals surface area contributed by atoms with Crippen LogP contribution in [0.4, 0.5) is 0 Å². The summed E-state index contributed by atoms with van der Waals surface area (Å²) in [5.41, 5.74) is 1.14. The fourth-order valence-electron chi connectivity index (χ4n) is 2.89. The average Bonchev–Trinajstić information content (AvgIpc) is 3.14. The van der Waals surface area contributed by atoms with Crippen LogP contribution in [0.15, 0.2) is 11.4 Å². The Kier molecular flexibility index (Phi) is 3.96. The minimum Gasteiger partial charge on any atom is -0.411 e. The molecule has 2 aliphatic heterocycles. The van der Waals surface area contributed by atoms with Gasteiger partial charge in [0, 0.05) is 0 Å². The van der Waals surface area contributed by atoms with Crippen LogP contribution >= 0.6 is 0 Å². The van der Waals surface area contributed by atoms with Gasteiger partial charge in [0.2, 0.25) is 0 Å². The van der Waals surface area contributed by atoms with Crippen LogP contribution in [-0.2, 0) is 18.9 Å². The number of hydrogen-bond donors (Lipinski definition) is 2. The van der Waals surface area contributed by atoms with Gasteiger partial charge in [0.1, 0.15) is 24.0 Å². The number of nitrogens with one attached hydrogen (secondary N) is 1. The van der Waals surface area contributed by atoms with Gasteiger partial charge in [0.15, 0.2) is 17.4 Å². The van der Waals surface area contributed by atoms with Gasteiger partial charge in [-0.05, 0) is 34.6 Å². The Morgan fingerprint density at radius 2 is 2.00 bits per heavy atom. The van der Waals surface area contributed by atoms with E-state index in [4.69, 9.17) is 24.2 Å². The molecule has 2 aliphatic rings. The van der Waals surface area contributed by atoms with Crippen molar-refractivity contribution in [3.63, 3.8) is 0 Å². The van der Waals surface area contributed by atoms with Gasteiger partial charge in [0.25, 0.3) is 0 Å². The zero-order valence-corrected chi connectivity index (χ0v) is 14.0. The van der Waals surface area contributed by atoms with Gasteiger partial charge in [-0.2, -0.15) is 0 Å². The third-order valence-corrected chi connectivity index (χ3v) is 3.92. The van der Waals surface area contributed by atoms with Crippen LogP contribution in [0, 0.1) is 0 Å². The molecule has 3 rings (SSSR count). The average molecular weight is 325 g/mol. The third-order valence-electron chi connectivity index (χ3n) is 3.92. The number of ether oxygens (including phenoxy) is 4. The maximum atomic E-state index is 8.86. The van der Waals surface area contributed by atoms with Crippen molar-refractivity contribution in [1.29, 1.82) is 0 Å². The first-order chi connectivity index (χ1) is 10.7. The predicted octanol–water partition coefficient (Wildman–Crippen LogP) is 1.95. The van der Waals surface area contributed by atoms with Gasteiger partial charge in [-0.25, -0.2) is 4.98 Å². The number of oxime groups is 1. The molecule has 2 saturated heterocycles. The quantitative estimate of drug-likeness (QED) is 0.501. The highest BCUT2D eigenvalue weighted by Crippen LogP contribution is 2.42. The van der Waals surface area contributed by atoms with E-state index < -0.39 is 11.6 Å². The molecule has 2 fully saturated rings. The summed E-state index contributed by atoms with van der Waals surface area (Å²) in [5.74, 6) is -0.889. The molecule has 0 amide bonds. The van der Waals surface area contributed by atoms with E-state index in [0.29, 0.717) is 18.1 Å². The first kappa shape index (κ1) is 16.4. The van der Waals surface area contributed by atoms with Crippen molar-refractivity contribution >= 4 is 5.71 Å². The number of H-pyrrole nitrogens is 1. The van der Waals surface area contributed by atoms with Crippen molar-refractivity contribution in [2.45, 2.75) is 64.5 Å². The van der Waals surface area contributed by atoms with E-state index in [1.807, 2.05) is 27.7 Å². The molecule has 128 valence electrons. The molecule has 0 bridgehead atoms. The van der Waals surface area contributed by atoms with E-state index in [1.165, 1.54) is 0 Å². The molecule has 8 nitrogen and oxygen atoms in total. The Hall–Kier alpha value is -1.48. The standard InChI is InChI=1S/C15H23N3O5/c1-8(18-19)13-16-6-9(17-13)11-12(23-15(4,5)22-11)10-7-20-14(2,3)21-10/h6,10-12,19H,7H2,1-5H3,(H,16,17)/b18-8+/t10-,11-,12-/m1/s1. The first-order valence-corrected chi connectivity index (χ1v) is 7.62. The molecule has 1 aromatic rings. The van der Waals surface area contributed by atoms with Crippen LogP contribution in [0.25, 0.3) is 0 Å². The normalized spacial score (nSPS) is 33.3. The Morgan fingerprint density at radius 3 is 2.61 bits per heavy atom. The summed E-state index contributed by atoms with van der Waals surface area (Å²) in [6.45, 7) is 9.56. The van der Waals surface area contributed by atoms with Crippen LogP contribution in [-0.4, -0.2) is 51.3 Å². The topological polar surface area (TPSA) is 98.2 Å². The predicted molar refractivity (Wildman–Crippen MR) is 80.3 cm³/mol. The SMILES string of the molecule is C/C(=N\O)c1ncc([C@H]2OC(C)(C)O[C@@H]2[C@H]2COC(C)(C)O2)[nH]1. The monoisotopic (exact) mass is 325 g/mol. The maximum Gasteiger partial charge on any atom is 0.164 e. The van der Waals surface area contributed by atoms with Crippen molar-refractivity contribution in [3.8, 4) is 0 Å². The van der Waals surface area contributed by atoms with Gasteiger partial charge in [-0.15, -0.1) is 0 Å². The molecule has 0 saturated carbocycles. The van der Waals surface area contributed by atoms with E-state index >= 15 is 0 Å². The van der Waals surface area contributed by atoms with Crippen molar-refractivity contribution in [2.75, 3.05) is 6.61 Å². The Balaban J connectivity index is 1.85. The number of rotatable bonds is 3. The minimum absolute atomic E-state index is 0.240. The summed E-state index contributed by atoms with van der Waals surface area (Å²) in [7, 11) is 0. The number of hydrogen-bond acceptors (Lipinski definition) is 7. The van der Waals surface area contributed by atoms with Crippen LogP contribution in [0.3, 0.4) is 0 Å². The number of nitrogens with zero attached hydrogens (tertiary/aromatic N) is 2. The maximum absolute atomic E-state index is 8.86. The number of aromatic nitrogens is 2. The highest BCUT2D eigenvalue weighted by atomic mass is 16.8. The molecule has 8 heteroatoms. The summed E-state index contributed by atoms with van der Waals surface area (Å²) < 4.78 is 23.6. The molecule has 0 radical (unpaired) electrons. The van der Waals surface area contributed by atoms with Gasteiger partial charge < -0.3 is 29.1 Å². The zero-order chi connectivity index (χ0) is 16.8. The van der Waals surface area contributed by atoms with Crippen molar-refractivity contribution < 1.29 is 24.2 Å². The summed E-state index contributed by atoms with van der Waals surface area (Å²) in [5, 5.41) is 12.0. The molecule has 0 unspecified atom stereocenters.